The van der Waals surface area contributed by atoms with Crippen LogP contribution in [0.4, 0.5) is 0 Å². The van der Waals surface area contributed by atoms with Crippen LogP contribution in [0, 0.1) is 6.92 Å². The van der Waals surface area contributed by atoms with Gasteiger partial charge in [0.05, 0.1) is 25.5 Å². The lowest BCUT2D eigenvalue weighted by molar-refractivity contribution is 0.161. The third-order valence-electron chi connectivity index (χ3n) is 2.32. The molecule has 0 atom stereocenters. The van der Waals surface area contributed by atoms with Crippen LogP contribution in [0.15, 0.2) is 12.1 Å². The van der Waals surface area contributed by atoms with Gasteiger partial charge in [-0.1, -0.05) is 6.08 Å². The van der Waals surface area contributed by atoms with Crippen molar-refractivity contribution in [2.24, 2.45) is 0 Å². The predicted octanol–water partition coefficient (Wildman–Crippen LogP) is 1.08. The molecule has 1 aromatic rings. The molecule has 2 rings (SSSR count). The molecule has 1 aliphatic heterocycles. The maximum Gasteiger partial charge on any atom is 0.155 e. The van der Waals surface area contributed by atoms with Gasteiger partial charge in [-0.15, -0.1) is 0 Å². The summed E-state index contributed by atoms with van der Waals surface area (Å²) in [5, 5.41) is 9.05. The van der Waals surface area contributed by atoms with E-state index in [1.165, 1.54) is 0 Å². The molecule has 1 aliphatic rings. The first-order valence-electron chi connectivity index (χ1n) is 5.02. The van der Waals surface area contributed by atoms with E-state index in [2.05, 4.69) is 9.97 Å². The van der Waals surface area contributed by atoms with Crippen molar-refractivity contribution in [1.29, 1.82) is 0 Å². The lowest BCUT2D eigenvalue weighted by Crippen LogP contribution is -2.08. The maximum atomic E-state index is 9.05. The first-order chi connectivity index (χ1) is 7.29. The Labute approximate surface area is 88.6 Å². The topological polar surface area (TPSA) is 55.2 Å². The zero-order chi connectivity index (χ0) is 10.7. The Hall–Kier alpha value is -1.26. The molecule has 0 saturated carbocycles. The molecular formula is C11H14N2O2. The molecule has 2 heterocycles. The van der Waals surface area contributed by atoms with Crippen molar-refractivity contribution in [2.45, 2.75) is 20.0 Å². The van der Waals surface area contributed by atoms with E-state index in [1.807, 2.05) is 13.0 Å². The Morgan fingerprint density at radius 1 is 1.47 bits per heavy atom. The van der Waals surface area contributed by atoms with E-state index < -0.39 is 0 Å². The number of ether oxygens (including phenoxy) is 1. The maximum absolute atomic E-state index is 9.05. The van der Waals surface area contributed by atoms with Crippen molar-refractivity contribution in [1.82, 2.24) is 9.97 Å². The molecule has 0 saturated heterocycles. The highest BCUT2D eigenvalue weighted by Crippen LogP contribution is 2.18. The number of hydrogen-bond acceptors (Lipinski definition) is 4. The van der Waals surface area contributed by atoms with Gasteiger partial charge < -0.3 is 9.84 Å². The Morgan fingerprint density at radius 2 is 2.33 bits per heavy atom. The lowest BCUT2D eigenvalue weighted by Gasteiger charge is -2.13. The zero-order valence-electron chi connectivity index (χ0n) is 8.73. The van der Waals surface area contributed by atoms with Gasteiger partial charge >= 0.3 is 0 Å². The quantitative estimate of drug-likeness (QED) is 0.786. The van der Waals surface area contributed by atoms with Crippen LogP contribution in [-0.4, -0.2) is 28.3 Å². The summed E-state index contributed by atoms with van der Waals surface area (Å²) in [6.45, 7) is 3.21. The fourth-order valence-electron chi connectivity index (χ4n) is 1.59. The average molecular weight is 206 g/mol. The minimum absolute atomic E-state index is 0.0415. The summed E-state index contributed by atoms with van der Waals surface area (Å²) in [7, 11) is 0. The summed E-state index contributed by atoms with van der Waals surface area (Å²) in [5.41, 5.74) is 2.67. The zero-order valence-corrected chi connectivity index (χ0v) is 8.73. The molecule has 1 N–H and O–H groups in total. The highest BCUT2D eigenvalue weighted by atomic mass is 16.5. The molecule has 0 unspecified atom stereocenters. The van der Waals surface area contributed by atoms with Crippen molar-refractivity contribution in [3.8, 4) is 0 Å². The number of hydrogen-bond donors (Lipinski definition) is 1. The first kappa shape index (κ1) is 10.3. The SMILES string of the molecule is Cc1cc(CO)nc(C2=CCOCC2)n1. The molecule has 0 amide bonds. The number of aromatic nitrogens is 2. The van der Waals surface area contributed by atoms with Crippen LogP contribution in [0.1, 0.15) is 23.6 Å². The van der Waals surface area contributed by atoms with Gasteiger partial charge in [0.1, 0.15) is 0 Å². The lowest BCUT2D eigenvalue weighted by atomic mass is 10.1. The van der Waals surface area contributed by atoms with E-state index in [0.717, 1.165) is 30.1 Å². The van der Waals surface area contributed by atoms with Crippen LogP contribution in [0.3, 0.4) is 0 Å². The molecule has 0 spiro atoms. The molecule has 80 valence electrons. The molecular weight excluding hydrogens is 192 g/mol. The van der Waals surface area contributed by atoms with E-state index in [4.69, 9.17) is 9.84 Å². The van der Waals surface area contributed by atoms with Crippen molar-refractivity contribution in [3.05, 3.63) is 29.4 Å². The van der Waals surface area contributed by atoms with Gasteiger partial charge in [-0.05, 0) is 25.0 Å². The van der Waals surface area contributed by atoms with Crippen molar-refractivity contribution < 1.29 is 9.84 Å². The highest BCUT2D eigenvalue weighted by molar-refractivity contribution is 5.60. The van der Waals surface area contributed by atoms with E-state index in [0.29, 0.717) is 12.3 Å². The van der Waals surface area contributed by atoms with E-state index in [9.17, 15) is 0 Å². The van der Waals surface area contributed by atoms with E-state index >= 15 is 0 Å². The van der Waals surface area contributed by atoms with Gasteiger partial charge in [0.25, 0.3) is 0 Å². The molecule has 4 nitrogen and oxygen atoms in total. The molecule has 0 bridgehead atoms. The molecule has 15 heavy (non-hydrogen) atoms. The summed E-state index contributed by atoms with van der Waals surface area (Å²) < 4.78 is 5.23. The molecule has 1 aromatic heterocycles. The second-order valence-electron chi connectivity index (χ2n) is 3.54. The van der Waals surface area contributed by atoms with Crippen LogP contribution in [0.2, 0.25) is 0 Å². The summed E-state index contributed by atoms with van der Waals surface area (Å²) in [5.74, 6) is 0.724. The van der Waals surface area contributed by atoms with Gasteiger partial charge in [-0.25, -0.2) is 9.97 Å². The van der Waals surface area contributed by atoms with Crippen LogP contribution in [0.25, 0.3) is 5.57 Å². The summed E-state index contributed by atoms with van der Waals surface area (Å²) in [6.07, 6.45) is 2.84. The Kier molecular flexibility index (Phi) is 3.08. The summed E-state index contributed by atoms with van der Waals surface area (Å²) in [6, 6.07) is 1.80. The number of aliphatic hydroxyl groups is 1. The molecule has 0 aromatic carbocycles. The van der Waals surface area contributed by atoms with Gasteiger partial charge in [-0.2, -0.15) is 0 Å². The fourth-order valence-corrected chi connectivity index (χ4v) is 1.59. The molecule has 4 heteroatoms. The Bertz CT molecular complexity index is 388. The van der Waals surface area contributed by atoms with Crippen LogP contribution >= 0.6 is 0 Å². The minimum atomic E-state index is -0.0415. The second-order valence-corrected chi connectivity index (χ2v) is 3.54. The smallest absolute Gasteiger partial charge is 0.155 e. The molecule has 0 fully saturated rings. The van der Waals surface area contributed by atoms with Crippen molar-refractivity contribution in [2.75, 3.05) is 13.2 Å². The van der Waals surface area contributed by atoms with Crippen LogP contribution in [0.5, 0.6) is 0 Å². The van der Waals surface area contributed by atoms with Crippen molar-refractivity contribution in [3.63, 3.8) is 0 Å². The summed E-state index contributed by atoms with van der Waals surface area (Å²) >= 11 is 0. The third kappa shape index (κ3) is 2.40. The van der Waals surface area contributed by atoms with Gasteiger partial charge in [0, 0.05) is 5.69 Å². The fraction of sp³-hybridized carbons (Fsp3) is 0.455. The highest BCUT2D eigenvalue weighted by Gasteiger charge is 2.10. The Morgan fingerprint density at radius 3 is 3.00 bits per heavy atom. The second kappa shape index (κ2) is 4.51. The first-order valence-corrected chi connectivity index (χ1v) is 5.02. The summed E-state index contributed by atoms with van der Waals surface area (Å²) in [4.78, 5) is 8.65. The number of aryl methyl sites for hydroxylation is 1. The number of aliphatic hydroxyl groups excluding tert-OH is 1. The van der Waals surface area contributed by atoms with E-state index in [1.54, 1.807) is 6.07 Å². The predicted molar refractivity (Wildman–Crippen MR) is 56.1 cm³/mol. The average Bonchev–Trinajstić information content (AvgIpc) is 2.29. The van der Waals surface area contributed by atoms with Gasteiger partial charge in [0.2, 0.25) is 0 Å². The van der Waals surface area contributed by atoms with Crippen LogP contribution < -0.4 is 0 Å². The minimum Gasteiger partial charge on any atom is -0.390 e. The Balaban J connectivity index is 2.34. The largest absolute Gasteiger partial charge is 0.390 e. The normalized spacial score (nSPS) is 16.3. The molecule has 0 aliphatic carbocycles. The number of nitrogens with zero attached hydrogens (tertiary/aromatic N) is 2. The van der Waals surface area contributed by atoms with Crippen molar-refractivity contribution >= 4 is 5.57 Å². The molecule has 0 radical (unpaired) electrons. The third-order valence-corrected chi connectivity index (χ3v) is 2.32. The van der Waals surface area contributed by atoms with Gasteiger partial charge in [-0.3, -0.25) is 0 Å². The van der Waals surface area contributed by atoms with Gasteiger partial charge in [0.15, 0.2) is 5.82 Å². The monoisotopic (exact) mass is 206 g/mol. The standard InChI is InChI=1S/C11H14N2O2/c1-8-6-10(7-14)13-11(12-8)9-2-4-15-5-3-9/h2,6,14H,3-5,7H2,1H3. The number of rotatable bonds is 2. The van der Waals surface area contributed by atoms with Crippen LogP contribution in [-0.2, 0) is 11.3 Å². The van der Waals surface area contributed by atoms with E-state index in [-0.39, 0.29) is 6.61 Å².